The zero-order valence-electron chi connectivity index (χ0n) is 8.58. The summed E-state index contributed by atoms with van der Waals surface area (Å²) in [6.07, 6.45) is 1.93. The van der Waals surface area contributed by atoms with Gasteiger partial charge in [0.2, 0.25) is 0 Å². The summed E-state index contributed by atoms with van der Waals surface area (Å²) in [5, 5.41) is 9.45. The Morgan fingerprint density at radius 1 is 1.64 bits per heavy atom. The van der Waals surface area contributed by atoms with E-state index < -0.39 is 0 Å². The first-order valence-electron chi connectivity index (χ1n) is 4.78. The van der Waals surface area contributed by atoms with Crippen molar-refractivity contribution >= 4 is 11.5 Å². The lowest BCUT2D eigenvalue weighted by Crippen LogP contribution is -2.22. The van der Waals surface area contributed by atoms with E-state index in [2.05, 4.69) is 33.7 Å². The number of hydrogen-bond acceptors (Lipinski definition) is 4. The van der Waals surface area contributed by atoms with Gasteiger partial charge in [0.15, 0.2) is 0 Å². The normalized spacial score (nSPS) is 11.9. The van der Waals surface area contributed by atoms with E-state index in [0.29, 0.717) is 0 Å². The zero-order valence-corrected chi connectivity index (χ0v) is 9.40. The van der Waals surface area contributed by atoms with Crippen LogP contribution in [0.4, 0.5) is 0 Å². The van der Waals surface area contributed by atoms with Crippen LogP contribution < -0.4 is 5.32 Å². The van der Waals surface area contributed by atoms with Gasteiger partial charge in [-0.15, -0.1) is 16.9 Å². The molecule has 0 saturated carbocycles. The van der Waals surface area contributed by atoms with E-state index in [1.807, 2.05) is 12.3 Å². The Labute approximate surface area is 89.1 Å². The lowest BCUT2D eigenvalue weighted by Gasteiger charge is -2.12. The molecule has 1 heterocycles. The van der Waals surface area contributed by atoms with Crippen LogP contribution >= 0.6 is 11.5 Å². The highest BCUT2D eigenvalue weighted by Gasteiger charge is 2.11. The van der Waals surface area contributed by atoms with Gasteiger partial charge in [-0.3, -0.25) is 0 Å². The molecule has 0 spiro atoms. The summed E-state index contributed by atoms with van der Waals surface area (Å²) in [6, 6.07) is 0.237. The van der Waals surface area contributed by atoms with Crippen molar-refractivity contribution in [2.45, 2.75) is 32.7 Å². The number of aromatic nitrogens is 2. The lowest BCUT2D eigenvalue weighted by molar-refractivity contribution is 0.529. The predicted molar refractivity (Wildman–Crippen MR) is 59.0 cm³/mol. The molecule has 1 atom stereocenters. The molecule has 1 N–H and O–H groups in total. The largest absolute Gasteiger partial charge is 0.308 e. The van der Waals surface area contributed by atoms with Gasteiger partial charge in [-0.25, -0.2) is 0 Å². The minimum atomic E-state index is 0.237. The van der Waals surface area contributed by atoms with Gasteiger partial charge in [0.25, 0.3) is 0 Å². The highest BCUT2D eigenvalue weighted by molar-refractivity contribution is 7.03. The van der Waals surface area contributed by atoms with Crippen molar-refractivity contribution in [3.05, 3.63) is 11.1 Å². The van der Waals surface area contributed by atoms with Gasteiger partial charge in [0, 0.05) is 11.8 Å². The zero-order chi connectivity index (χ0) is 10.2. The SMILES string of the molecule is CC#CCC(NCCC)c1csnn1. The molecule has 0 aliphatic carbocycles. The molecule has 0 aliphatic rings. The Morgan fingerprint density at radius 2 is 2.50 bits per heavy atom. The molecule has 76 valence electrons. The maximum absolute atomic E-state index is 4.06. The van der Waals surface area contributed by atoms with Crippen LogP contribution in [0.3, 0.4) is 0 Å². The number of nitrogens with zero attached hydrogens (tertiary/aromatic N) is 2. The number of nitrogens with one attached hydrogen (secondary N) is 1. The van der Waals surface area contributed by atoms with E-state index in [1.54, 1.807) is 0 Å². The molecule has 0 aromatic carbocycles. The first-order valence-corrected chi connectivity index (χ1v) is 5.62. The molecule has 4 heteroatoms. The monoisotopic (exact) mass is 209 g/mol. The van der Waals surface area contributed by atoms with Crippen LogP contribution in [-0.2, 0) is 0 Å². The second-order valence-electron chi connectivity index (χ2n) is 2.97. The average molecular weight is 209 g/mol. The molecule has 0 saturated heterocycles. The quantitative estimate of drug-likeness (QED) is 0.754. The molecule has 1 aromatic rings. The van der Waals surface area contributed by atoms with Gasteiger partial charge in [0.05, 0.1) is 11.7 Å². The molecule has 0 aliphatic heterocycles. The fourth-order valence-corrected chi connectivity index (χ4v) is 1.64. The first kappa shape index (κ1) is 11.2. The molecule has 0 radical (unpaired) electrons. The third kappa shape index (κ3) is 3.44. The summed E-state index contributed by atoms with van der Waals surface area (Å²) < 4.78 is 3.86. The van der Waals surface area contributed by atoms with E-state index in [0.717, 1.165) is 25.1 Å². The fraction of sp³-hybridized carbons (Fsp3) is 0.600. The molecule has 0 amide bonds. The number of hydrogen-bond donors (Lipinski definition) is 1. The van der Waals surface area contributed by atoms with E-state index in [4.69, 9.17) is 0 Å². The van der Waals surface area contributed by atoms with Crippen LogP contribution in [-0.4, -0.2) is 16.1 Å². The van der Waals surface area contributed by atoms with E-state index in [-0.39, 0.29) is 6.04 Å². The second-order valence-corrected chi connectivity index (χ2v) is 3.58. The minimum absolute atomic E-state index is 0.237. The van der Waals surface area contributed by atoms with Crippen molar-refractivity contribution < 1.29 is 0 Å². The van der Waals surface area contributed by atoms with Crippen LogP contribution in [0.15, 0.2) is 5.38 Å². The molecule has 1 aromatic heterocycles. The highest BCUT2D eigenvalue weighted by atomic mass is 32.1. The molecule has 0 fully saturated rings. The maximum Gasteiger partial charge on any atom is 0.0934 e. The molecule has 3 nitrogen and oxygen atoms in total. The van der Waals surface area contributed by atoms with E-state index in [9.17, 15) is 0 Å². The third-order valence-electron chi connectivity index (χ3n) is 1.86. The fourth-order valence-electron chi connectivity index (χ4n) is 1.13. The van der Waals surface area contributed by atoms with Crippen LogP contribution in [0.25, 0.3) is 0 Å². The Morgan fingerprint density at radius 3 is 3.07 bits per heavy atom. The summed E-state index contributed by atoms with van der Waals surface area (Å²) in [6.45, 7) is 5.00. The summed E-state index contributed by atoms with van der Waals surface area (Å²) >= 11 is 1.39. The molecular weight excluding hydrogens is 194 g/mol. The standard InChI is InChI=1S/C10H15N3S/c1-3-5-6-9(11-7-4-2)10-8-14-13-12-10/h8-9,11H,4,6-7H2,1-2H3. The summed E-state index contributed by atoms with van der Waals surface area (Å²) in [4.78, 5) is 0. The molecule has 1 rings (SSSR count). The molecular formula is C10H15N3S. The van der Waals surface area contributed by atoms with Crippen molar-refractivity contribution in [3.63, 3.8) is 0 Å². The predicted octanol–water partition coefficient (Wildman–Crippen LogP) is 1.99. The topological polar surface area (TPSA) is 37.8 Å². The Kier molecular flexibility index (Phi) is 5.20. The van der Waals surface area contributed by atoms with Crippen molar-refractivity contribution in [2.75, 3.05) is 6.54 Å². The van der Waals surface area contributed by atoms with Crippen LogP contribution in [0.1, 0.15) is 38.4 Å². The van der Waals surface area contributed by atoms with Gasteiger partial charge in [-0.2, -0.15) is 0 Å². The van der Waals surface area contributed by atoms with Gasteiger partial charge in [-0.1, -0.05) is 11.4 Å². The van der Waals surface area contributed by atoms with Crippen LogP contribution in [0.5, 0.6) is 0 Å². The average Bonchev–Trinajstić information content (AvgIpc) is 2.71. The number of rotatable bonds is 5. The first-order chi connectivity index (χ1) is 6.88. The minimum Gasteiger partial charge on any atom is -0.308 e. The van der Waals surface area contributed by atoms with Gasteiger partial charge >= 0.3 is 0 Å². The van der Waals surface area contributed by atoms with Gasteiger partial charge < -0.3 is 5.32 Å². The van der Waals surface area contributed by atoms with Crippen LogP contribution in [0.2, 0.25) is 0 Å². The Bertz CT molecular complexity index is 297. The van der Waals surface area contributed by atoms with E-state index >= 15 is 0 Å². The second kappa shape index (κ2) is 6.52. The summed E-state index contributed by atoms with van der Waals surface area (Å²) in [5.41, 5.74) is 1.01. The van der Waals surface area contributed by atoms with Crippen molar-refractivity contribution in [3.8, 4) is 11.8 Å². The van der Waals surface area contributed by atoms with Gasteiger partial charge in [-0.05, 0) is 31.4 Å². The molecule has 0 bridgehead atoms. The van der Waals surface area contributed by atoms with Crippen molar-refractivity contribution in [1.29, 1.82) is 0 Å². The third-order valence-corrected chi connectivity index (χ3v) is 2.38. The van der Waals surface area contributed by atoms with E-state index in [1.165, 1.54) is 11.5 Å². The summed E-state index contributed by atoms with van der Waals surface area (Å²) in [7, 11) is 0. The molecule has 1 unspecified atom stereocenters. The highest BCUT2D eigenvalue weighted by Crippen LogP contribution is 2.14. The Hall–Kier alpha value is -0.920. The maximum atomic E-state index is 4.06. The molecule has 14 heavy (non-hydrogen) atoms. The lowest BCUT2D eigenvalue weighted by atomic mass is 10.1. The Balaban J connectivity index is 2.55. The van der Waals surface area contributed by atoms with Crippen LogP contribution in [0, 0.1) is 11.8 Å². The summed E-state index contributed by atoms with van der Waals surface area (Å²) in [5.74, 6) is 5.97. The smallest absolute Gasteiger partial charge is 0.0934 e. The van der Waals surface area contributed by atoms with Crippen molar-refractivity contribution in [2.24, 2.45) is 0 Å². The van der Waals surface area contributed by atoms with Gasteiger partial charge in [0.1, 0.15) is 0 Å². The van der Waals surface area contributed by atoms with Crippen molar-refractivity contribution in [1.82, 2.24) is 14.9 Å².